The average Bonchev–Trinajstić information content (AvgIpc) is 3.41. The zero-order valence-corrected chi connectivity index (χ0v) is 24.2. The Morgan fingerprint density at radius 1 is 0.595 bits per heavy atom. The van der Waals surface area contributed by atoms with Crippen LogP contribution in [0.1, 0.15) is 115 Å². The maximum Gasteiger partial charge on any atom is 0.159 e. The fourth-order valence-electron chi connectivity index (χ4n) is 4.65. The zero-order chi connectivity index (χ0) is 26.0. The molecule has 0 aliphatic heterocycles. The van der Waals surface area contributed by atoms with Gasteiger partial charge in [0.25, 0.3) is 0 Å². The number of nitrogens with zero attached hydrogens (tertiary/aromatic N) is 2. The number of benzene rings is 1. The number of ether oxygens (including phenoxy) is 1. The van der Waals surface area contributed by atoms with Gasteiger partial charge in [-0.2, -0.15) is 0 Å². The zero-order valence-electron chi connectivity index (χ0n) is 23.4. The van der Waals surface area contributed by atoms with Crippen molar-refractivity contribution in [3.8, 4) is 27.6 Å². The van der Waals surface area contributed by atoms with Crippen LogP contribution in [0.2, 0.25) is 0 Å². The number of unbranched alkanes of at least 4 members (excludes halogenated alkanes) is 13. The first-order chi connectivity index (χ1) is 18.3. The lowest BCUT2D eigenvalue weighted by Crippen LogP contribution is -1.97. The van der Waals surface area contributed by atoms with E-state index in [2.05, 4.69) is 48.1 Å². The van der Waals surface area contributed by atoms with E-state index in [4.69, 9.17) is 4.74 Å². The van der Waals surface area contributed by atoms with Crippen LogP contribution in [0.15, 0.2) is 48.8 Å². The molecule has 1 aromatic carbocycles. The number of aromatic nitrogens is 2. The van der Waals surface area contributed by atoms with E-state index in [0.29, 0.717) is 0 Å². The molecule has 3 nitrogen and oxygen atoms in total. The summed E-state index contributed by atoms with van der Waals surface area (Å²) >= 11 is 1.88. The third kappa shape index (κ3) is 11.4. The molecule has 0 atom stereocenters. The van der Waals surface area contributed by atoms with Gasteiger partial charge in [-0.1, -0.05) is 97.3 Å². The summed E-state index contributed by atoms with van der Waals surface area (Å²) in [4.78, 5) is 12.0. The molecule has 202 valence electrons. The largest absolute Gasteiger partial charge is 0.494 e. The Bertz CT molecular complexity index is 965. The van der Waals surface area contributed by atoms with Gasteiger partial charge in [0.2, 0.25) is 0 Å². The summed E-state index contributed by atoms with van der Waals surface area (Å²) in [5.74, 6) is 1.69. The van der Waals surface area contributed by atoms with Crippen molar-refractivity contribution in [3.63, 3.8) is 0 Å². The van der Waals surface area contributed by atoms with Crippen molar-refractivity contribution >= 4 is 11.3 Å². The first-order valence-electron chi connectivity index (χ1n) is 14.9. The maximum absolute atomic E-state index is 5.93. The standard InChI is InChI=1S/C33H48N2OS/c1-3-5-7-9-11-12-14-16-18-31-23-24-32(37-31)29-26-34-33(35-27-29)28-19-21-30(22-20-28)36-25-17-15-13-10-8-6-4-2/h19-24,26-27H,3-18,25H2,1-2H3. The van der Waals surface area contributed by atoms with Crippen molar-refractivity contribution in [1.82, 2.24) is 9.97 Å². The van der Waals surface area contributed by atoms with Crippen LogP contribution in [-0.4, -0.2) is 16.6 Å². The molecule has 3 aromatic rings. The van der Waals surface area contributed by atoms with Crippen LogP contribution in [0.3, 0.4) is 0 Å². The van der Waals surface area contributed by atoms with E-state index in [1.54, 1.807) is 0 Å². The quantitative estimate of drug-likeness (QED) is 0.139. The van der Waals surface area contributed by atoms with Gasteiger partial charge in [0.1, 0.15) is 5.75 Å². The number of thiophene rings is 1. The number of rotatable bonds is 20. The van der Waals surface area contributed by atoms with E-state index in [1.165, 1.54) is 106 Å². The van der Waals surface area contributed by atoms with Gasteiger partial charge in [0.15, 0.2) is 5.82 Å². The highest BCUT2D eigenvalue weighted by Crippen LogP contribution is 2.29. The molecule has 3 rings (SSSR count). The molecule has 0 unspecified atom stereocenters. The Hall–Kier alpha value is -2.20. The van der Waals surface area contributed by atoms with Crippen molar-refractivity contribution < 1.29 is 4.74 Å². The van der Waals surface area contributed by atoms with E-state index >= 15 is 0 Å². The van der Waals surface area contributed by atoms with Gasteiger partial charge in [-0.3, -0.25) is 0 Å². The second-order valence-electron chi connectivity index (χ2n) is 10.3. The molecule has 2 aromatic heterocycles. The van der Waals surface area contributed by atoms with E-state index in [-0.39, 0.29) is 0 Å². The first kappa shape index (κ1) is 29.4. The molecule has 0 aliphatic carbocycles. The van der Waals surface area contributed by atoms with Crippen LogP contribution in [0, 0.1) is 0 Å². The summed E-state index contributed by atoms with van der Waals surface area (Å²) in [6, 6.07) is 12.7. The van der Waals surface area contributed by atoms with Crippen molar-refractivity contribution in [2.24, 2.45) is 0 Å². The molecule has 2 heterocycles. The molecule has 0 saturated carbocycles. The second-order valence-corrected chi connectivity index (χ2v) is 11.4. The van der Waals surface area contributed by atoms with Crippen molar-refractivity contribution in [3.05, 3.63) is 53.7 Å². The minimum Gasteiger partial charge on any atom is -0.494 e. The summed E-state index contributed by atoms with van der Waals surface area (Å²) in [5, 5.41) is 0. The Kier molecular flexibility index (Phi) is 14.4. The summed E-state index contributed by atoms with van der Waals surface area (Å²) in [6.07, 6.45) is 25.2. The number of aryl methyl sites for hydroxylation is 1. The first-order valence-corrected chi connectivity index (χ1v) is 15.8. The topological polar surface area (TPSA) is 35.0 Å². The van der Waals surface area contributed by atoms with Gasteiger partial charge in [-0.05, 0) is 55.7 Å². The predicted octanol–water partition coefficient (Wildman–Crippen LogP) is 10.7. The van der Waals surface area contributed by atoms with Crippen LogP contribution in [0.5, 0.6) is 5.75 Å². The van der Waals surface area contributed by atoms with Crippen LogP contribution in [-0.2, 0) is 6.42 Å². The summed E-state index contributed by atoms with van der Waals surface area (Å²) in [6.45, 7) is 5.34. The summed E-state index contributed by atoms with van der Waals surface area (Å²) in [7, 11) is 0. The minimum atomic E-state index is 0.762. The fraction of sp³-hybridized carbons (Fsp3) is 0.576. The molecule has 4 heteroatoms. The highest BCUT2D eigenvalue weighted by molar-refractivity contribution is 7.15. The van der Waals surface area contributed by atoms with Gasteiger partial charge in [0, 0.05) is 33.3 Å². The Labute approximate surface area is 230 Å². The third-order valence-electron chi connectivity index (χ3n) is 7.00. The smallest absolute Gasteiger partial charge is 0.159 e. The Balaban J connectivity index is 1.37. The molecule has 0 aliphatic rings. The minimum absolute atomic E-state index is 0.762. The number of hydrogen-bond acceptors (Lipinski definition) is 4. The van der Waals surface area contributed by atoms with Crippen molar-refractivity contribution in [2.45, 2.75) is 117 Å². The molecule has 0 saturated heterocycles. The molecule has 0 N–H and O–H groups in total. The van der Waals surface area contributed by atoms with Gasteiger partial charge in [-0.25, -0.2) is 9.97 Å². The molecular formula is C33H48N2OS. The van der Waals surface area contributed by atoms with Crippen LogP contribution < -0.4 is 4.74 Å². The highest BCUT2D eigenvalue weighted by atomic mass is 32.1. The number of hydrogen-bond donors (Lipinski definition) is 0. The second kappa shape index (κ2) is 18.1. The lowest BCUT2D eigenvalue weighted by molar-refractivity contribution is 0.304. The Morgan fingerprint density at radius 3 is 1.78 bits per heavy atom. The van der Waals surface area contributed by atoms with Crippen LogP contribution >= 0.6 is 11.3 Å². The monoisotopic (exact) mass is 520 g/mol. The molecule has 37 heavy (non-hydrogen) atoms. The fourth-order valence-corrected chi connectivity index (χ4v) is 5.68. The SMILES string of the molecule is CCCCCCCCCCc1ccc(-c2cnc(-c3ccc(OCCCCCCCCC)cc3)nc2)s1. The molecule has 0 bridgehead atoms. The normalized spacial score (nSPS) is 11.2. The van der Waals surface area contributed by atoms with Gasteiger partial charge in [0.05, 0.1) is 6.61 Å². The van der Waals surface area contributed by atoms with Crippen LogP contribution in [0.25, 0.3) is 21.8 Å². The van der Waals surface area contributed by atoms with Gasteiger partial charge in [-0.15, -0.1) is 11.3 Å². The average molecular weight is 521 g/mol. The predicted molar refractivity (Wildman–Crippen MR) is 161 cm³/mol. The van der Waals surface area contributed by atoms with E-state index < -0.39 is 0 Å². The molecule has 0 fully saturated rings. The van der Waals surface area contributed by atoms with Gasteiger partial charge >= 0.3 is 0 Å². The summed E-state index contributed by atoms with van der Waals surface area (Å²) < 4.78 is 5.93. The molecular weight excluding hydrogens is 472 g/mol. The molecule has 0 spiro atoms. The van der Waals surface area contributed by atoms with E-state index in [0.717, 1.165) is 35.7 Å². The Morgan fingerprint density at radius 2 is 1.16 bits per heavy atom. The lowest BCUT2D eigenvalue weighted by atomic mass is 10.1. The van der Waals surface area contributed by atoms with E-state index in [9.17, 15) is 0 Å². The highest BCUT2D eigenvalue weighted by Gasteiger charge is 2.07. The molecule has 0 amide bonds. The third-order valence-corrected chi connectivity index (χ3v) is 8.20. The van der Waals surface area contributed by atoms with E-state index in [1.807, 2.05) is 35.9 Å². The lowest BCUT2D eigenvalue weighted by Gasteiger charge is -2.07. The maximum atomic E-state index is 5.93. The van der Waals surface area contributed by atoms with Gasteiger partial charge < -0.3 is 4.74 Å². The van der Waals surface area contributed by atoms with Crippen LogP contribution in [0.4, 0.5) is 0 Å². The van der Waals surface area contributed by atoms with Crippen molar-refractivity contribution in [2.75, 3.05) is 6.61 Å². The van der Waals surface area contributed by atoms with Crippen molar-refractivity contribution in [1.29, 1.82) is 0 Å². The summed E-state index contributed by atoms with van der Waals surface area (Å²) in [5.41, 5.74) is 2.13. The molecule has 0 radical (unpaired) electrons.